The number of anilines is 1. The van der Waals surface area contributed by atoms with Gasteiger partial charge in [-0.1, -0.05) is 12.1 Å². The molecule has 1 aromatic carbocycles. The zero-order chi connectivity index (χ0) is 19.8. The van der Waals surface area contributed by atoms with Crippen LogP contribution in [0.5, 0.6) is 0 Å². The second-order valence-electron chi connectivity index (χ2n) is 6.86. The molecule has 1 N–H and O–H groups in total. The number of nitrogens with zero attached hydrogens (tertiary/aromatic N) is 4. The third kappa shape index (κ3) is 3.40. The monoisotopic (exact) mass is 397 g/mol. The van der Waals surface area contributed by atoms with Crippen molar-refractivity contribution in [1.82, 2.24) is 14.8 Å². The molecule has 1 amide bonds. The number of amides is 1. The summed E-state index contributed by atoms with van der Waals surface area (Å²) in [5, 5.41) is 20.4. The molecule has 8 nitrogen and oxygen atoms in total. The van der Waals surface area contributed by atoms with E-state index in [1.165, 1.54) is 33.6 Å². The highest BCUT2D eigenvalue weighted by atomic mass is 32.1. The van der Waals surface area contributed by atoms with Crippen molar-refractivity contribution >= 4 is 28.1 Å². The summed E-state index contributed by atoms with van der Waals surface area (Å²) in [6.45, 7) is 3.04. The molecule has 2 aromatic heterocycles. The summed E-state index contributed by atoms with van der Waals surface area (Å²) >= 11 is 1.35. The lowest BCUT2D eigenvalue weighted by Crippen LogP contribution is -2.20. The molecular weight excluding hydrogens is 378 g/mol. The van der Waals surface area contributed by atoms with Crippen LogP contribution in [0.1, 0.15) is 28.9 Å². The van der Waals surface area contributed by atoms with E-state index in [4.69, 9.17) is 0 Å². The minimum Gasteiger partial charge on any atom is -0.300 e. The van der Waals surface area contributed by atoms with Crippen LogP contribution in [0.4, 0.5) is 10.8 Å². The van der Waals surface area contributed by atoms with Crippen LogP contribution < -0.4 is 5.32 Å². The van der Waals surface area contributed by atoms with Gasteiger partial charge in [-0.25, -0.2) is 4.98 Å². The molecule has 0 saturated heterocycles. The molecule has 144 valence electrons. The van der Waals surface area contributed by atoms with E-state index in [0.717, 1.165) is 24.1 Å². The average Bonchev–Trinajstić information content (AvgIpc) is 3.34. The van der Waals surface area contributed by atoms with E-state index < -0.39 is 4.92 Å². The Morgan fingerprint density at radius 2 is 2.11 bits per heavy atom. The molecule has 1 aliphatic carbocycles. The Morgan fingerprint density at radius 1 is 1.32 bits per heavy atom. The number of thiazole rings is 1. The number of aryl methyl sites for hydroxylation is 3. The number of aromatic nitrogens is 3. The molecule has 0 radical (unpaired) electrons. The van der Waals surface area contributed by atoms with E-state index in [1.54, 1.807) is 13.8 Å². The quantitative estimate of drug-likeness (QED) is 0.523. The second-order valence-corrected chi connectivity index (χ2v) is 7.72. The first-order valence-corrected chi connectivity index (χ1v) is 9.86. The van der Waals surface area contributed by atoms with Gasteiger partial charge in [-0.3, -0.25) is 19.6 Å². The number of nitrogens with one attached hydrogen (secondary N) is 1. The zero-order valence-electron chi connectivity index (χ0n) is 15.6. The molecule has 0 atom stereocenters. The lowest BCUT2D eigenvalue weighted by atomic mass is 10.1. The van der Waals surface area contributed by atoms with Gasteiger partial charge in [0.25, 0.3) is 0 Å². The van der Waals surface area contributed by atoms with Crippen LogP contribution in [-0.2, 0) is 24.2 Å². The summed E-state index contributed by atoms with van der Waals surface area (Å²) in [4.78, 5) is 27.5. The minimum atomic E-state index is -0.476. The molecule has 2 heterocycles. The smallest absolute Gasteiger partial charge is 0.300 e. The van der Waals surface area contributed by atoms with Crippen LogP contribution >= 0.6 is 11.3 Å². The highest BCUT2D eigenvalue weighted by Gasteiger charge is 2.23. The summed E-state index contributed by atoms with van der Waals surface area (Å²) in [6, 6.07) is 6.41. The highest BCUT2D eigenvalue weighted by Crippen LogP contribution is 2.30. The van der Waals surface area contributed by atoms with E-state index in [0.29, 0.717) is 16.5 Å². The maximum atomic E-state index is 12.3. The number of benzene rings is 1. The normalized spacial score (nSPS) is 12.8. The number of carbonyl (C=O) groups is 1. The molecule has 0 aliphatic heterocycles. The highest BCUT2D eigenvalue weighted by molar-refractivity contribution is 7.14. The topological polar surface area (TPSA) is 103 Å². The predicted octanol–water partition coefficient (Wildman–Crippen LogP) is 3.66. The molecule has 28 heavy (non-hydrogen) atoms. The second kappa shape index (κ2) is 7.16. The largest absolute Gasteiger partial charge is 0.312 e. The van der Waals surface area contributed by atoms with Crippen molar-refractivity contribution in [3.8, 4) is 11.3 Å². The third-order valence-corrected chi connectivity index (χ3v) is 5.72. The van der Waals surface area contributed by atoms with Crippen molar-refractivity contribution in [3.63, 3.8) is 0 Å². The number of nitro groups is 1. The summed E-state index contributed by atoms with van der Waals surface area (Å²) in [5.41, 5.74) is 5.26. The lowest BCUT2D eigenvalue weighted by molar-refractivity contribution is -0.386. The summed E-state index contributed by atoms with van der Waals surface area (Å²) in [5.74, 6) is -0.324. The fourth-order valence-corrected chi connectivity index (χ4v) is 4.33. The van der Waals surface area contributed by atoms with Gasteiger partial charge in [-0.2, -0.15) is 5.10 Å². The van der Waals surface area contributed by atoms with E-state index in [-0.39, 0.29) is 18.1 Å². The molecule has 0 saturated carbocycles. The van der Waals surface area contributed by atoms with Crippen molar-refractivity contribution in [1.29, 1.82) is 0 Å². The summed E-state index contributed by atoms with van der Waals surface area (Å²) < 4.78 is 1.35. The van der Waals surface area contributed by atoms with Gasteiger partial charge in [0, 0.05) is 10.9 Å². The molecule has 3 aromatic rings. The Hall–Kier alpha value is -3.07. The van der Waals surface area contributed by atoms with Gasteiger partial charge in [-0.05, 0) is 50.3 Å². The first-order chi connectivity index (χ1) is 13.4. The predicted molar refractivity (Wildman–Crippen MR) is 107 cm³/mol. The number of carbonyl (C=O) groups excluding carboxylic acids is 1. The van der Waals surface area contributed by atoms with Crippen molar-refractivity contribution in [2.75, 3.05) is 5.32 Å². The average molecular weight is 397 g/mol. The van der Waals surface area contributed by atoms with Crippen LogP contribution in [0, 0.1) is 24.0 Å². The fraction of sp³-hybridized carbons (Fsp3) is 0.316. The molecule has 4 rings (SSSR count). The van der Waals surface area contributed by atoms with E-state index >= 15 is 0 Å². The standard InChI is InChI=1S/C19H19N5O3S/c1-11-18(24(26)27)12(2)23(22-11)9-17(25)21-19-20-16(10-28-19)15-7-6-13-4-3-5-14(13)8-15/h6-8,10H,3-5,9H2,1-2H3,(H,20,21,25). The van der Waals surface area contributed by atoms with Gasteiger partial charge in [0.2, 0.25) is 5.91 Å². The Kier molecular flexibility index (Phi) is 4.68. The maximum absolute atomic E-state index is 12.3. The molecule has 0 spiro atoms. The Balaban J connectivity index is 1.46. The minimum absolute atomic E-state index is 0.0547. The number of hydrogen-bond acceptors (Lipinski definition) is 6. The molecule has 0 bridgehead atoms. The molecule has 1 aliphatic rings. The number of fused-ring (bicyclic) bond motifs is 1. The first kappa shape index (κ1) is 18.3. The summed E-state index contributed by atoms with van der Waals surface area (Å²) in [7, 11) is 0. The van der Waals surface area contributed by atoms with Gasteiger partial charge in [0.15, 0.2) is 5.13 Å². The van der Waals surface area contributed by atoms with Gasteiger partial charge in [0.1, 0.15) is 17.9 Å². The Labute approximate surface area is 165 Å². The van der Waals surface area contributed by atoms with Gasteiger partial charge in [0.05, 0.1) is 10.6 Å². The van der Waals surface area contributed by atoms with Crippen LogP contribution in [0.3, 0.4) is 0 Å². The molecule has 9 heteroatoms. The third-order valence-electron chi connectivity index (χ3n) is 4.96. The zero-order valence-corrected chi connectivity index (χ0v) is 16.4. The van der Waals surface area contributed by atoms with Crippen LogP contribution in [-0.4, -0.2) is 25.6 Å². The lowest BCUT2D eigenvalue weighted by Gasteiger charge is -2.04. The van der Waals surface area contributed by atoms with E-state index in [2.05, 4.69) is 33.6 Å². The van der Waals surface area contributed by atoms with Gasteiger partial charge >= 0.3 is 5.69 Å². The Morgan fingerprint density at radius 3 is 2.86 bits per heavy atom. The Bertz CT molecular complexity index is 1090. The van der Waals surface area contributed by atoms with Gasteiger partial charge < -0.3 is 5.32 Å². The number of hydrogen-bond donors (Lipinski definition) is 1. The molecule has 0 fully saturated rings. The molecular formula is C19H19N5O3S. The van der Waals surface area contributed by atoms with Crippen LogP contribution in [0.2, 0.25) is 0 Å². The van der Waals surface area contributed by atoms with Crippen molar-refractivity contribution < 1.29 is 9.72 Å². The maximum Gasteiger partial charge on any atom is 0.312 e. The fourth-order valence-electron chi connectivity index (χ4n) is 3.60. The van der Waals surface area contributed by atoms with Gasteiger partial charge in [-0.15, -0.1) is 11.3 Å². The van der Waals surface area contributed by atoms with E-state index in [1.807, 2.05) is 5.38 Å². The van der Waals surface area contributed by atoms with Crippen LogP contribution in [0.15, 0.2) is 23.6 Å². The summed E-state index contributed by atoms with van der Waals surface area (Å²) in [6.07, 6.45) is 3.44. The first-order valence-electron chi connectivity index (χ1n) is 8.98. The van der Waals surface area contributed by atoms with E-state index in [9.17, 15) is 14.9 Å². The number of rotatable bonds is 5. The SMILES string of the molecule is Cc1nn(CC(=O)Nc2nc(-c3ccc4c(c3)CCC4)cs2)c(C)c1[N+](=O)[O-]. The molecule has 0 unspecified atom stereocenters. The van der Waals surface area contributed by atoms with Crippen molar-refractivity contribution in [2.24, 2.45) is 0 Å². The van der Waals surface area contributed by atoms with Crippen molar-refractivity contribution in [3.05, 3.63) is 56.2 Å². The van der Waals surface area contributed by atoms with Crippen LogP contribution in [0.25, 0.3) is 11.3 Å². The van der Waals surface area contributed by atoms with Crippen molar-refractivity contribution in [2.45, 2.75) is 39.7 Å².